The van der Waals surface area contributed by atoms with Gasteiger partial charge in [0.2, 0.25) is 11.8 Å². The molecular formula is C61H80ClFN8O14S. The van der Waals surface area contributed by atoms with Gasteiger partial charge < -0.3 is 55.5 Å². The predicted octanol–water partition coefficient (Wildman–Crippen LogP) is 5.74. The number of Topliss-reactive ketones (excluding diaryl/α,β-unsaturated/α-hetero) is 1. The first-order chi connectivity index (χ1) is 40.5. The molecule has 2 fully saturated rings. The number of carbonyl (C=O) groups is 9. The summed E-state index contributed by atoms with van der Waals surface area (Å²) in [6, 6.07) is 3.12. The zero-order valence-electron chi connectivity index (χ0n) is 50.3. The van der Waals surface area contributed by atoms with Crippen molar-refractivity contribution in [3.63, 3.8) is 0 Å². The number of fused-ring (bicyclic) bond motifs is 5. The van der Waals surface area contributed by atoms with Gasteiger partial charge in [-0.1, -0.05) is 86.9 Å². The number of esters is 1. The highest BCUT2D eigenvalue weighted by Crippen LogP contribution is 2.49. The molecular weight excluding hydrogens is 1160 g/mol. The molecule has 0 unspecified atom stereocenters. The molecule has 7 N–H and O–H groups in total. The van der Waals surface area contributed by atoms with Gasteiger partial charge in [-0.2, -0.15) is 0 Å². The number of hydrogen-bond donors (Lipinski definition) is 6. The number of primary amides is 1. The van der Waals surface area contributed by atoms with Crippen molar-refractivity contribution in [2.24, 2.45) is 17.6 Å². The number of anilines is 1. The topological polar surface area (TPSA) is 298 Å². The summed E-state index contributed by atoms with van der Waals surface area (Å²) in [4.78, 5) is 123. The van der Waals surface area contributed by atoms with Gasteiger partial charge >= 0.3 is 18.1 Å². The normalized spacial score (nSPS) is 25.1. The molecule has 2 aromatic carbocycles. The molecule has 2 saturated heterocycles. The molecule has 0 saturated carbocycles. The van der Waals surface area contributed by atoms with Gasteiger partial charge in [0, 0.05) is 65.2 Å². The molecule has 6 rings (SSSR count). The molecule has 22 nitrogen and oxygen atoms in total. The molecule has 4 aliphatic rings. The number of ketones is 1. The van der Waals surface area contributed by atoms with Gasteiger partial charge in [-0.3, -0.25) is 39.0 Å². The smallest absolute Gasteiger partial charge is 0.409 e. The standard InChI is InChI=1S/C61H80ClFN8O14S/c1-33(2)53(67-48(86)19-12-11-13-25-71-49(73)22-23-50(71)74)55(76)66-42(17-15-24-65-58(64)79)44(72)30-38-20-21-40(41(63)28-38)56(77)69(8)37(6)57(78)84-47-31-51(75)70(9)43-29-39(27-35(4)52(43)62)26-34(3)16-14-18-46(82-10)61(81)32-45(83-59(80)68-61)36(5)54-60(47,7)85-54/h14,16,18,20-23,27-29,33,36-37,42,45-47,53-54,81H,11-13,15,17,19,24-26,30-32H2,1-10H3,(H,66,76)(H,67,86)(H,68,80)(H3,64,65,79)/b18-14+,34-16+/t36-,37+,42+,45+,46-,47+,53+,54+,60+,61+/m1/s1. The van der Waals surface area contributed by atoms with E-state index in [4.69, 9.17) is 48.5 Å². The van der Waals surface area contributed by atoms with Gasteiger partial charge in [0.15, 0.2) is 11.5 Å². The second kappa shape index (κ2) is 29.5. The molecule has 0 spiro atoms. The van der Waals surface area contributed by atoms with E-state index in [9.17, 15) is 48.3 Å². The van der Waals surface area contributed by atoms with E-state index in [0.29, 0.717) is 53.4 Å². The lowest BCUT2D eigenvalue weighted by Crippen LogP contribution is -2.63. The lowest BCUT2D eigenvalue weighted by Gasteiger charge is -2.42. The number of nitrogens with two attached hydrogens (primary N) is 1. The average molecular weight is 1240 g/mol. The molecule has 4 aliphatic heterocycles. The number of urea groups is 1. The maximum absolute atomic E-state index is 16.2. The Labute approximate surface area is 511 Å². The van der Waals surface area contributed by atoms with E-state index in [-0.39, 0.29) is 62.1 Å². The van der Waals surface area contributed by atoms with Crippen LogP contribution in [-0.2, 0) is 60.6 Å². The molecule has 86 heavy (non-hydrogen) atoms. The highest BCUT2D eigenvalue weighted by molar-refractivity contribution is 7.80. The van der Waals surface area contributed by atoms with Crippen LogP contribution >= 0.6 is 23.8 Å². The van der Waals surface area contributed by atoms with Crippen LogP contribution < -0.4 is 31.9 Å². The zero-order chi connectivity index (χ0) is 63.5. The first-order valence-corrected chi connectivity index (χ1v) is 29.5. The van der Waals surface area contributed by atoms with Crippen LogP contribution in [0.5, 0.6) is 0 Å². The summed E-state index contributed by atoms with van der Waals surface area (Å²) in [6.45, 7) is 12.4. The third-order valence-electron chi connectivity index (χ3n) is 16.2. The number of ether oxygens (including phenoxy) is 4. The van der Waals surface area contributed by atoms with E-state index in [1.807, 2.05) is 26.0 Å². The Morgan fingerprint density at radius 3 is 2.37 bits per heavy atom. The SMILES string of the molecule is CO[C@@H]1/C=C/C=C(\C)Cc2cc(C)c(Cl)c(c2)N(C)C(=O)C[C@H](OC(=O)[C@H](C)N(C)C(=O)c2ccc(CC(=O)[C@H](CCCNC(N)=O)NC(=O)[C@@H](NC(=S)CCCCCN3C(=O)C=CC3=O)C(C)C)cc2F)[C@]2(C)O[C@H]2[C@H](C)[C@@H]2C[C@@]1(O)NC(=O)O2. The minimum absolute atomic E-state index is 0.0666. The molecule has 468 valence electrons. The predicted molar refractivity (Wildman–Crippen MR) is 321 cm³/mol. The molecule has 0 aromatic heterocycles. The van der Waals surface area contributed by atoms with Crippen molar-refractivity contribution in [3.8, 4) is 0 Å². The molecule has 25 heteroatoms. The summed E-state index contributed by atoms with van der Waals surface area (Å²) in [5, 5.41) is 23.1. The van der Waals surface area contributed by atoms with E-state index in [1.165, 1.54) is 55.2 Å². The Hall–Kier alpha value is -7.12. The van der Waals surface area contributed by atoms with Crippen LogP contribution in [0.4, 0.5) is 19.7 Å². The Balaban J connectivity index is 1.15. The average Bonchev–Trinajstić information content (AvgIpc) is 1.60. The van der Waals surface area contributed by atoms with Crippen molar-refractivity contribution < 1.29 is 71.6 Å². The minimum Gasteiger partial charge on any atom is -0.457 e. The maximum Gasteiger partial charge on any atom is 0.409 e. The van der Waals surface area contributed by atoms with Crippen LogP contribution in [0.2, 0.25) is 5.02 Å². The van der Waals surface area contributed by atoms with Crippen molar-refractivity contribution in [2.75, 3.05) is 39.2 Å². The molecule has 2 aromatic rings. The van der Waals surface area contributed by atoms with Crippen LogP contribution in [0.1, 0.15) is 120 Å². The van der Waals surface area contributed by atoms with Gasteiger partial charge in [0.1, 0.15) is 41.8 Å². The van der Waals surface area contributed by atoms with Gasteiger partial charge in [-0.25, -0.2) is 18.8 Å². The summed E-state index contributed by atoms with van der Waals surface area (Å²) in [5.74, 6) is -6.12. The number of thiocarbonyl (C=S) groups is 1. The number of aryl methyl sites for hydroxylation is 1. The number of nitrogens with one attached hydrogen (secondary N) is 4. The van der Waals surface area contributed by atoms with Crippen molar-refractivity contribution in [2.45, 2.75) is 167 Å². The van der Waals surface area contributed by atoms with Gasteiger partial charge in [0.05, 0.1) is 39.8 Å². The molecule has 4 bridgehead atoms. The lowest BCUT2D eigenvalue weighted by atomic mass is 9.83. The minimum atomic E-state index is -1.92. The number of allylic oxidation sites excluding steroid dienone is 3. The Morgan fingerprint density at radius 2 is 1.72 bits per heavy atom. The van der Waals surface area contributed by atoms with Crippen molar-refractivity contribution >= 4 is 87.9 Å². The number of hydrogen-bond acceptors (Lipinski definition) is 15. The number of methoxy groups -OCH3 is 1. The fourth-order valence-electron chi connectivity index (χ4n) is 10.8. The first kappa shape index (κ1) is 68.0. The second-order valence-electron chi connectivity index (χ2n) is 23.1. The number of aliphatic hydroxyl groups is 1. The van der Waals surface area contributed by atoms with Crippen molar-refractivity contribution in [1.29, 1.82) is 0 Å². The van der Waals surface area contributed by atoms with E-state index in [2.05, 4.69) is 21.3 Å². The number of rotatable bonds is 22. The van der Waals surface area contributed by atoms with Gasteiger partial charge in [0.25, 0.3) is 17.7 Å². The summed E-state index contributed by atoms with van der Waals surface area (Å²) in [6.07, 6.45) is 4.68. The fourth-order valence-corrected chi connectivity index (χ4v) is 11.3. The van der Waals surface area contributed by atoms with E-state index >= 15 is 4.39 Å². The summed E-state index contributed by atoms with van der Waals surface area (Å²) in [7, 11) is 4.21. The van der Waals surface area contributed by atoms with Crippen LogP contribution in [0, 0.1) is 24.6 Å². The third-order valence-corrected chi connectivity index (χ3v) is 17.0. The number of imide groups is 1. The van der Waals surface area contributed by atoms with Gasteiger partial charge in [-0.05, 0) is 107 Å². The lowest BCUT2D eigenvalue weighted by molar-refractivity contribution is -0.158. The molecule has 10 atom stereocenters. The highest BCUT2D eigenvalue weighted by atomic mass is 35.5. The monoisotopic (exact) mass is 1230 g/mol. The van der Waals surface area contributed by atoms with Crippen molar-refractivity contribution in [3.05, 3.63) is 99.4 Å². The second-order valence-corrected chi connectivity index (χ2v) is 24.0. The largest absolute Gasteiger partial charge is 0.457 e. The number of epoxide rings is 1. The number of alkyl carbamates (subject to hydrolysis) is 1. The van der Waals surface area contributed by atoms with E-state index in [0.717, 1.165) is 22.1 Å². The third kappa shape index (κ3) is 17.1. The summed E-state index contributed by atoms with van der Waals surface area (Å²) < 4.78 is 40.0. The van der Waals surface area contributed by atoms with Crippen molar-refractivity contribution in [1.82, 2.24) is 31.1 Å². The first-order valence-electron chi connectivity index (χ1n) is 28.7. The van der Waals surface area contributed by atoms with Crippen LogP contribution in [-0.4, -0.2) is 161 Å². The summed E-state index contributed by atoms with van der Waals surface area (Å²) in [5.41, 5.74) is 4.50. The number of likely N-dealkylation sites (N-methyl/N-ethyl adjacent to an activating group) is 1. The Morgan fingerprint density at radius 1 is 1.02 bits per heavy atom. The summed E-state index contributed by atoms with van der Waals surface area (Å²) >= 11 is 12.4. The molecule has 0 aliphatic carbocycles. The Kier molecular flexibility index (Phi) is 23.3. The quantitative estimate of drug-likeness (QED) is 0.0269. The van der Waals surface area contributed by atoms with Gasteiger partial charge in [-0.15, -0.1) is 0 Å². The van der Waals surface area contributed by atoms with E-state index < -0.39 is 119 Å². The molecule has 4 heterocycles. The number of carbonyl (C=O) groups excluding carboxylic acids is 9. The maximum atomic E-state index is 16.2. The number of nitrogens with zero attached hydrogens (tertiary/aromatic N) is 3. The van der Waals surface area contributed by atoms with E-state index in [1.54, 1.807) is 53.0 Å². The number of amides is 8. The Bertz CT molecular complexity index is 3030. The molecule has 8 amide bonds. The molecule has 0 radical (unpaired) electrons. The number of benzene rings is 2. The van der Waals surface area contributed by atoms with Crippen LogP contribution in [0.25, 0.3) is 0 Å². The van der Waals surface area contributed by atoms with Crippen LogP contribution in [0.3, 0.4) is 0 Å². The zero-order valence-corrected chi connectivity index (χ0v) is 51.9. The highest BCUT2D eigenvalue weighted by Gasteiger charge is 2.64. The number of unbranched alkanes of at least 4 members (excludes halogenated alkanes) is 2. The van der Waals surface area contributed by atoms with Crippen LogP contribution in [0.15, 0.2) is 66.3 Å². The number of halogens is 2. The fraction of sp³-hybridized carbons (Fsp3) is 0.541.